The van der Waals surface area contributed by atoms with Gasteiger partial charge in [-0.25, -0.2) is 28.4 Å². The van der Waals surface area contributed by atoms with Crippen molar-refractivity contribution in [1.82, 2.24) is 19.5 Å². The number of rotatable bonds is 9. The van der Waals surface area contributed by atoms with Crippen molar-refractivity contribution < 1.29 is 106 Å². The van der Waals surface area contributed by atoms with Crippen LogP contribution in [0, 0.1) is 0 Å². The van der Waals surface area contributed by atoms with Crippen LogP contribution >= 0.6 is 23.2 Å². The predicted octanol–water partition coefficient (Wildman–Crippen LogP) is -5.81. The second-order valence-corrected chi connectivity index (χ2v) is 9.95. The van der Waals surface area contributed by atoms with E-state index in [0.29, 0.717) is 11.2 Å². The fourth-order valence-corrected chi connectivity index (χ4v) is 5.30. The van der Waals surface area contributed by atoms with E-state index in [4.69, 9.17) is 25.2 Å². The normalized spacial score (nSPS) is 16.9. The van der Waals surface area contributed by atoms with Crippen LogP contribution in [0.4, 0.5) is 5.82 Å². The van der Waals surface area contributed by atoms with Crippen LogP contribution in [-0.2, 0) is 33.6 Å². The summed E-state index contributed by atoms with van der Waals surface area (Å²) in [6.45, 7) is 1.63. The van der Waals surface area contributed by atoms with E-state index >= 15 is 0 Å². The molecule has 0 radical (unpaired) electrons. The molecular formula is C9H16N5Na2O10P3+2. The van der Waals surface area contributed by atoms with Gasteiger partial charge >= 0.3 is 82.4 Å². The first kappa shape index (κ1) is 29.8. The van der Waals surface area contributed by atoms with Crippen molar-refractivity contribution in [3.05, 3.63) is 12.7 Å². The number of ether oxygens (including phenoxy) is 1. The van der Waals surface area contributed by atoms with Crippen molar-refractivity contribution in [1.29, 1.82) is 0 Å². The zero-order chi connectivity index (χ0) is 20.5. The maximum Gasteiger partial charge on any atom is 1.00 e. The maximum atomic E-state index is 11.8. The Labute approximate surface area is 208 Å². The average molecular weight is 493 g/mol. The first-order valence-electron chi connectivity index (χ1n) is 6.94. The monoisotopic (exact) mass is 493 g/mol. The molecule has 6 N–H and O–H groups in total. The van der Waals surface area contributed by atoms with E-state index < -0.39 is 35.7 Å². The molecule has 0 aliphatic heterocycles. The number of hydrogen-bond acceptors (Lipinski definition) is 10. The molecule has 20 heteroatoms. The number of imidazole rings is 1. The van der Waals surface area contributed by atoms with Crippen molar-refractivity contribution >= 4 is 40.2 Å². The molecule has 0 aliphatic carbocycles. The number of nitrogens with zero attached hydrogens (tertiary/aromatic N) is 4. The number of nitrogen functional groups attached to an aromatic ring is 1. The molecule has 29 heavy (non-hydrogen) atoms. The summed E-state index contributed by atoms with van der Waals surface area (Å²) in [5, 5.41) is 0. The first-order chi connectivity index (χ1) is 12.3. The summed E-state index contributed by atoms with van der Waals surface area (Å²) < 4.78 is 47.6. The van der Waals surface area contributed by atoms with E-state index in [1.54, 1.807) is 0 Å². The summed E-state index contributed by atoms with van der Waals surface area (Å²) >= 11 is 0. The van der Waals surface area contributed by atoms with Gasteiger partial charge in [0.15, 0.2) is 11.5 Å². The van der Waals surface area contributed by atoms with Gasteiger partial charge in [0.25, 0.3) is 0 Å². The molecule has 15 nitrogen and oxygen atoms in total. The molecule has 2 heterocycles. The third kappa shape index (κ3) is 9.84. The molecule has 2 unspecified atom stereocenters. The third-order valence-corrected chi connectivity index (χ3v) is 6.84. The van der Waals surface area contributed by atoms with E-state index in [-0.39, 0.29) is 71.5 Å². The van der Waals surface area contributed by atoms with Crippen LogP contribution < -0.4 is 64.8 Å². The molecule has 0 saturated carbocycles. The molecular weight excluding hydrogens is 477 g/mol. The average Bonchev–Trinajstić information content (AvgIpc) is 2.86. The van der Waals surface area contributed by atoms with Crippen molar-refractivity contribution in [2.75, 3.05) is 12.1 Å². The summed E-state index contributed by atoms with van der Waals surface area (Å²) in [7, 11) is -15.8. The molecule has 2 aromatic heterocycles. The smallest absolute Gasteiger partial charge is 0.382 e. The van der Waals surface area contributed by atoms with E-state index in [0.717, 1.165) is 0 Å². The van der Waals surface area contributed by atoms with Gasteiger partial charge in [-0.15, -0.1) is 0 Å². The van der Waals surface area contributed by atoms with Crippen LogP contribution in [0.5, 0.6) is 0 Å². The van der Waals surface area contributed by atoms with Gasteiger partial charge in [0.05, 0.1) is 19.0 Å². The first-order valence-corrected chi connectivity index (χ1v) is 11.7. The van der Waals surface area contributed by atoms with Gasteiger partial charge in [0, 0.05) is 0 Å². The minimum Gasteiger partial charge on any atom is -0.382 e. The molecule has 152 valence electrons. The van der Waals surface area contributed by atoms with E-state index in [2.05, 4.69) is 23.6 Å². The number of nitrogens with two attached hydrogens (primary N) is 1. The Morgan fingerprint density at radius 3 is 2.31 bits per heavy atom. The number of fused-ring (bicyclic) bond motifs is 1. The van der Waals surface area contributed by atoms with E-state index in [1.807, 2.05) is 0 Å². The zero-order valence-corrected chi connectivity index (χ0v) is 22.3. The van der Waals surface area contributed by atoms with E-state index in [9.17, 15) is 18.6 Å². The number of aromatic nitrogens is 4. The van der Waals surface area contributed by atoms with Crippen molar-refractivity contribution in [3.63, 3.8) is 0 Å². The van der Waals surface area contributed by atoms with Crippen LogP contribution in [0.25, 0.3) is 11.2 Å². The molecule has 0 aliphatic rings. The predicted molar refractivity (Wildman–Crippen MR) is 89.0 cm³/mol. The van der Waals surface area contributed by atoms with Crippen LogP contribution in [-0.4, -0.2) is 51.5 Å². The largest absolute Gasteiger partial charge is 1.00 e. The molecule has 0 bridgehead atoms. The van der Waals surface area contributed by atoms with Gasteiger partial charge in [-0.2, -0.15) is 4.31 Å². The van der Waals surface area contributed by atoms with Gasteiger partial charge < -0.3 is 34.6 Å². The number of hydrogen-bond donors (Lipinski definition) is 5. The quantitative estimate of drug-likeness (QED) is 0.162. The molecule has 2 rings (SSSR count). The second-order valence-electron chi connectivity index (χ2n) is 5.19. The van der Waals surface area contributed by atoms with Crippen molar-refractivity contribution in [3.8, 4) is 0 Å². The Kier molecular flexibility index (Phi) is 11.9. The van der Waals surface area contributed by atoms with Crippen molar-refractivity contribution in [2.45, 2.75) is 19.6 Å². The SMILES string of the molecule is C[C@H](Cn1cnc2c(N)ncnc21)OCP(=O)(O)OP(=O)(O)OP(=O)(O)O.[Na+].[Na+]. The van der Waals surface area contributed by atoms with Gasteiger partial charge in [-0.3, -0.25) is 4.57 Å². The molecule has 0 fully saturated rings. The van der Waals surface area contributed by atoms with Crippen molar-refractivity contribution in [2.24, 2.45) is 0 Å². The summed E-state index contributed by atoms with van der Waals surface area (Å²) in [4.78, 5) is 47.4. The fraction of sp³-hybridized carbons (Fsp3) is 0.444. The number of anilines is 1. The van der Waals surface area contributed by atoms with Gasteiger partial charge in [-0.1, -0.05) is 0 Å². The molecule has 0 spiro atoms. The Hall–Kier alpha value is 0.760. The van der Waals surface area contributed by atoms with Crippen LogP contribution in [0.3, 0.4) is 0 Å². The van der Waals surface area contributed by atoms with Gasteiger partial charge in [0.2, 0.25) is 0 Å². The van der Waals surface area contributed by atoms with Gasteiger partial charge in [-0.05, 0) is 6.92 Å². The third-order valence-electron chi connectivity index (χ3n) is 2.85. The fourth-order valence-electron chi connectivity index (χ4n) is 1.92. The Balaban J connectivity index is 0.00000392. The minimum atomic E-state index is -5.49. The minimum absolute atomic E-state index is 0. The van der Waals surface area contributed by atoms with Crippen LogP contribution in [0.15, 0.2) is 12.7 Å². The summed E-state index contributed by atoms with van der Waals surface area (Å²) in [5.74, 6) is 0.171. The standard InChI is InChI=1S/C9H16N5O10P3.2Na/c1-6(2-14-4-13-7-8(10)11-3-12-9(7)14)22-5-25(15,16)23-27(20,21)24-26(17,18)19;;/h3-4,6H,2,5H2,1H3,(H,15,16)(H,20,21)(H2,10,11,12)(H2,17,18,19);;/q;2*+1/t6-;;/m1../s1. The van der Waals surface area contributed by atoms with E-state index in [1.165, 1.54) is 24.1 Å². The number of phosphoric acid groups is 2. The molecule has 2 aromatic rings. The topological polar surface area (TPSA) is 229 Å². The van der Waals surface area contributed by atoms with Gasteiger partial charge in [0.1, 0.15) is 18.2 Å². The second kappa shape index (κ2) is 11.6. The molecule has 0 aromatic carbocycles. The Morgan fingerprint density at radius 2 is 1.72 bits per heavy atom. The van der Waals surface area contributed by atoms with Crippen LogP contribution in [0.2, 0.25) is 0 Å². The summed E-state index contributed by atoms with van der Waals surface area (Å²) in [6, 6.07) is 0. The Morgan fingerprint density at radius 1 is 1.10 bits per heavy atom. The summed E-state index contributed by atoms with van der Waals surface area (Å²) in [5.41, 5.74) is 6.41. The van der Waals surface area contributed by atoms with Crippen LogP contribution in [0.1, 0.15) is 6.92 Å². The Bertz CT molecular complexity index is 969. The molecule has 0 amide bonds. The molecule has 0 saturated heterocycles. The maximum absolute atomic E-state index is 11.8. The zero-order valence-electron chi connectivity index (χ0n) is 15.6. The molecule has 3 atom stereocenters. The summed E-state index contributed by atoms with van der Waals surface area (Å²) in [6.07, 6.45) is 0.869.